The van der Waals surface area contributed by atoms with Gasteiger partial charge in [0.25, 0.3) is 5.91 Å². The molecule has 2 rings (SSSR count). The van der Waals surface area contributed by atoms with E-state index in [1.54, 1.807) is 12.1 Å². The van der Waals surface area contributed by atoms with Crippen LogP contribution in [-0.2, 0) is 16.1 Å². The molecule has 0 unspecified atom stereocenters. The van der Waals surface area contributed by atoms with Crippen LogP contribution < -0.4 is 0 Å². The molecule has 130 valence electrons. The van der Waals surface area contributed by atoms with Gasteiger partial charge in [0, 0.05) is 11.6 Å². The number of amides is 1. The number of carbonyl (C=O) groups is 2. The molecule has 1 amide bonds. The second-order valence-corrected chi connectivity index (χ2v) is 5.44. The molecule has 2 aromatic rings. The van der Waals surface area contributed by atoms with Gasteiger partial charge in [-0.15, -0.1) is 0 Å². The Bertz CT molecular complexity index is 786. The number of hydrogen-bond acceptors (Lipinski definition) is 5. The van der Waals surface area contributed by atoms with E-state index in [2.05, 4.69) is 0 Å². The Morgan fingerprint density at radius 3 is 2.80 bits per heavy atom. The molecule has 1 aromatic carbocycles. The van der Waals surface area contributed by atoms with Gasteiger partial charge in [0.05, 0.1) is 30.9 Å². The first-order chi connectivity index (χ1) is 12.0. The van der Waals surface area contributed by atoms with E-state index >= 15 is 0 Å². The molecule has 6 nitrogen and oxygen atoms in total. The first-order valence-electron chi connectivity index (χ1n) is 7.30. The zero-order valence-electron chi connectivity index (χ0n) is 13.1. The number of hydrogen-bond donors (Lipinski definition) is 0. The molecule has 0 aliphatic rings. The Morgan fingerprint density at radius 1 is 1.36 bits per heavy atom. The van der Waals surface area contributed by atoms with Crippen LogP contribution in [0, 0.1) is 17.1 Å². The molecule has 1 heterocycles. The lowest BCUT2D eigenvalue weighted by molar-refractivity contribution is -0.135. The van der Waals surface area contributed by atoms with E-state index in [1.807, 2.05) is 6.07 Å². The van der Waals surface area contributed by atoms with Gasteiger partial charge in [0.2, 0.25) is 0 Å². The Hall–Kier alpha value is -2.85. The first kappa shape index (κ1) is 18.5. The van der Waals surface area contributed by atoms with Crippen molar-refractivity contribution in [2.45, 2.75) is 13.0 Å². The Morgan fingerprint density at radius 2 is 2.16 bits per heavy atom. The zero-order valence-corrected chi connectivity index (χ0v) is 13.8. The van der Waals surface area contributed by atoms with E-state index in [-0.39, 0.29) is 30.1 Å². The number of halogens is 2. The van der Waals surface area contributed by atoms with Crippen molar-refractivity contribution in [1.29, 1.82) is 5.26 Å². The lowest BCUT2D eigenvalue weighted by Gasteiger charge is -2.20. The highest BCUT2D eigenvalue weighted by molar-refractivity contribution is 6.30. The number of furan rings is 1. The van der Waals surface area contributed by atoms with Crippen molar-refractivity contribution < 1.29 is 23.1 Å². The fourth-order valence-corrected chi connectivity index (χ4v) is 2.18. The number of carbonyl (C=O) groups excluding carboxylic acids is 2. The van der Waals surface area contributed by atoms with Crippen LogP contribution in [0.25, 0.3) is 0 Å². The third-order valence-corrected chi connectivity index (χ3v) is 3.49. The molecule has 0 radical (unpaired) electrons. The van der Waals surface area contributed by atoms with Gasteiger partial charge in [-0.3, -0.25) is 4.79 Å². The molecule has 0 saturated carbocycles. The maximum Gasteiger partial charge on any atom is 0.341 e. The molecule has 8 heteroatoms. The van der Waals surface area contributed by atoms with Gasteiger partial charge in [0.15, 0.2) is 6.61 Å². The summed E-state index contributed by atoms with van der Waals surface area (Å²) >= 11 is 5.62. The molecule has 0 atom stereocenters. The van der Waals surface area contributed by atoms with E-state index in [0.717, 1.165) is 6.07 Å². The molecular weight excluding hydrogens is 351 g/mol. The molecule has 0 spiro atoms. The van der Waals surface area contributed by atoms with E-state index < -0.39 is 24.3 Å². The quantitative estimate of drug-likeness (QED) is 0.704. The highest BCUT2D eigenvalue weighted by Crippen LogP contribution is 2.15. The molecule has 1 aromatic heterocycles. The van der Waals surface area contributed by atoms with Gasteiger partial charge in [-0.25, -0.2) is 9.18 Å². The zero-order chi connectivity index (χ0) is 18.2. The molecule has 0 aliphatic carbocycles. The predicted octanol–water partition coefficient (Wildman–Crippen LogP) is 3.17. The van der Waals surface area contributed by atoms with Crippen molar-refractivity contribution in [3.05, 3.63) is 58.8 Å². The highest BCUT2D eigenvalue weighted by atomic mass is 35.5. The Labute approximate surface area is 148 Å². The van der Waals surface area contributed by atoms with Crippen LogP contribution >= 0.6 is 11.6 Å². The van der Waals surface area contributed by atoms with Crippen LogP contribution in [-0.4, -0.2) is 29.9 Å². The van der Waals surface area contributed by atoms with Gasteiger partial charge < -0.3 is 14.1 Å². The maximum atomic E-state index is 13.7. The molecule has 0 bridgehead atoms. The lowest BCUT2D eigenvalue weighted by Crippen LogP contribution is -2.35. The average Bonchev–Trinajstić information content (AvgIpc) is 3.09. The SMILES string of the molecule is N#CCCN(Cc1ccco1)C(=O)COC(=O)c1ccc(Cl)cc1F. The smallest absolute Gasteiger partial charge is 0.341 e. The lowest BCUT2D eigenvalue weighted by atomic mass is 10.2. The number of esters is 1. The summed E-state index contributed by atoms with van der Waals surface area (Å²) in [5.74, 6) is -1.79. The van der Waals surface area contributed by atoms with Crippen molar-refractivity contribution in [3.8, 4) is 6.07 Å². The first-order valence-corrected chi connectivity index (χ1v) is 7.68. The number of rotatable bonds is 7. The second kappa shape index (κ2) is 8.85. The normalized spacial score (nSPS) is 10.1. The predicted molar refractivity (Wildman–Crippen MR) is 86.0 cm³/mol. The fraction of sp³-hybridized carbons (Fsp3) is 0.235. The van der Waals surface area contributed by atoms with Gasteiger partial charge >= 0.3 is 5.97 Å². The standard InChI is InChI=1S/C17H14ClFN2O4/c18-12-4-5-14(15(19)9-12)17(23)25-11-16(22)21(7-2-6-20)10-13-3-1-8-24-13/h1,3-5,8-9H,2,7,10-11H2. The summed E-state index contributed by atoms with van der Waals surface area (Å²) in [6, 6.07) is 8.81. The summed E-state index contributed by atoms with van der Waals surface area (Å²) in [5, 5.41) is 8.84. The van der Waals surface area contributed by atoms with E-state index in [0.29, 0.717) is 5.76 Å². The largest absolute Gasteiger partial charge is 0.467 e. The van der Waals surface area contributed by atoms with Gasteiger partial charge in [0.1, 0.15) is 11.6 Å². The van der Waals surface area contributed by atoms with Crippen LogP contribution in [0.4, 0.5) is 4.39 Å². The van der Waals surface area contributed by atoms with Crippen molar-refractivity contribution in [3.63, 3.8) is 0 Å². The van der Waals surface area contributed by atoms with Crippen molar-refractivity contribution in [2.24, 2.45) is 0 Å². The van der Waals surface area contributed by atoms with E-state index in [1.165, 1.54) is 23.3 Å². The summed E-state index contributed by atoms with van der Waals surface area (Å²) in [4.78, 5) is 25.4. The average molecular weight is 365 g/mol. The van der Waals surface area contributed by atoms with Gasteiger partial charge in [-0.1, -0.05) is 11.6 Å². The molecule has 0 N–H and O–H groups in total. The van der Waals surface area contributed by atoms with Gasteiger partial charge in [-0.05, 0) is 30.3 Å². The number of nitriles is 1. The summed E-state index contributed by atoms with van der Waals surface area (Å²) in [5.41, 5.74) is -0.313. The Kier molecular flexibility index (Phi) is 6.54. The summed E-state index contributed by atoms with van der Waals surface area (Å²) in [6.45, 7) is -0.281. The highest BCUT2D eigenvalue weighted by Gasteiger charge is 2.19. The summed E-state index contributed by atoms with van der Waals surface area (Å²) < 4.78 is 23.7. The minimum absolute atomic E-state index is 0.117. The minimum atomic E-state index is -0.972. The third-order valence-electron chi connectivity index (χ3n) is 3.25. The molecular formula is C17H14ClFN2O4. The number of benzene rings is 1. The maximum absolute atomic E-state index is 13.7. The van der Waals surface area contributed by atoms with E-state index in [9.17, 15) is 14.0 Å². The third kappa shape index (κ3) is 5.33. The van der Waals surface area contributed by atoms with Crippen LogP contribution in [0.2, 0.25) is 5.02 Å². The Balaban J connectivity index is 1.97. The topological polar surface area (TPSA) is 83.5 Å². The second-order valence-electron chi connectivity index (χ2n) is 5.00. The minimum Gasteiger partial charge on any atom is -0.467 e. The molecule has 0 fully saturated rings. The van der Waals surface area contributed by atoms with Gasteiger partial charge in [-0.2, -0.15) is 5.26 Å². The summed E-state index contributed by atoms with van der Waals surface area (Å²) in [6.07, 6.45) is 1.58. The van der Waals surface area contributed by atoms with Crippen molar-refractivity contribution in [1.82, 2.24) is 4.90 Å². The fourth-order valence-electron chi connectivity index (χ4n) is 2.02. The van der Waals surface area contributed by atoms with Crippen LogP contribution in [0.3, 0.4) is 0 Å². The van der Waals surface area contributed by atoms with Crippen molar-refractivity contribution >= 4 is 23.5 Å². The van der Waals surface area contributed by atoms with Crippen LogP contribution in [0.5, 0.6) is 0 Å². The van der Waals surface area contributed by atoms with Crippen LogP contribution in [0.15, 0.2) is 41.0 Å². The van der Waals surface area contributed by atoms with E-state index in [4.69, 9.17) is 26.0 Å². The number of nitrogens with zero attached hydrogens (tertiary/aromatic N) is 2. The number of ether oxygens (including phenoxy) is 1. The molecule has 25 heavy (non-hydrogen) atoms. The molecule has 0 aliphatic heterocycles. The van der Waals surface area contributed by atoms with Crippen LogP contribution in [0.1, 0.15) is 22.5 Å². The molecule has 0 saturated heterocycles. The monoisotopic (exact) mass is 364 g/mol. The summed E-state index contributed by atoms with van der Waals surface area (Å²) in [7, 11) is 0. The van der Waals surface area contributed by atoms with Crippen molar-refractivity contribution in [2.75, 3.05) is 13.2 Å².